The number of carboxylic acids is 1. The molecule has 1 aromatic rings. The topological polar surface area (TPSA) is 74.7 Å². The van der Waals surface area contributed by atoms with Crippen molar-refractivity contribution in [1.29, 1.82) is 0 Å². The smallest absolute Gasteiger partial charge is 0.304 e. The number of carbonyl (C=O) groups is 1. The van der Waals surface area contributed by atoms with Crippen LogP contribution >= 0.6 is 0 Å². The largest absolute Gasteiger partial charge is 0.481 e. The molecule has 0 aromatic heterocycles. The van der Waals surface area contributed by atoms with Crippen molar-refractivity contribution < 1.29 is 18.3 Å². The SMILES string of the molecule is CCc1ccc(S(=O)(=O)N2CCCC2CC(=O)O)cc1. The van der Waals surface area contributed by atoms with E-state index in [0.29, 0.717) is 19.4 Å². The minimum absolute atomic E-state index is 0.133. The van der Waals surface area contributed by atoms with Gasteiger partial charge >= 0.3 is 5.97 Å². The highest BCUT2D eigenvalue weighted by atomic mass is 32.2. The van der Waals surface area contributed by atoms with Crippen LogP contribution in [0.5, 0.6) is 0 Å². The maximum Gasteiger partial charge on any atom is 0.304 e. The summed E-state index contributed by atoms with van der Waals surface area (Å²) in [7, 11) is -3.59. The highest BCUT2D eigenvalue weighted by Crippen LogP contribution is 2.28. The predicted molar refractivity (Wildman–Crippen MR) is 75.0 cm³/mol. The van der Waals surface area contributed by atoms with Gasteiger partial charge in [0.25, 0.3) is 0 Å². The molecule has 1 atom stereocenters. The zero-order chi connectivity index (χ0) is 14.8. The van der Waals surface area contributed by atoms with Gasteiger partial charge in [0.05, 0.1) is 11.3 Å². The average Bonchev–Trinajstić information content (AvgIpc) is 2.87. The van der Waals surface area contributed by atoms with Crippen LogP contribution in [-0.4, -0.2) is 36.4 Å². The summed E-state index contributed by atoms with van der Waals surface area (Å²) in [4.78, 5) is 11.1. The molecule has 1 saturated heterocycles. The van der Waals surface area contributed by atoms with E-state index in [1.54, 1.807) is 24.3 Å². The molecule has 5 nitrogen and oxygen atoms in total. The first-order valence-electron chi connectivity index (χ1n) is 6.77. The third-order valence-electron chi connectivity index (χ3n) is 3.67. The summed E-state index contributed by atoms with van der Waals surface area (Å²) in [6, 6.07) is 6.38. The zero-order valence-electron chi connectivity index (χ0n) is 11.4. The molecule has 2 rings (SSSR count). The number of aliphatic carboxylic acids is 1. The van der Waals surface area contributed by atoms with Gasteiger partial charge in [-0.2, -0.15) is 4.31 Å². The lowest BCUT2D eigenvalue weighted by molar-refractivity contribution is -0.137. The molecule has 1 fully saturated rings. The molecule has 0 radical (unpaired) electrons. The molecule has 1 aliphatic rings. The van der Waals surface area contributed by atoms with Crippen molar-refractivity contribution in [3.63, 3.8) is 0 Å². The van der Waals surface area contributed by atoms with Crippen LogP contribution in [0.3, 0.4) is 0 Å². The third-order valence-corrected chi connectivity index (χ3v) is 5.64. The van der Waals surface area contributed by atoms with Crippen molar-refractivity contribution in [2.24, 2.45) is 0 Å². The van der Waals surface area contributed by atoms with Gasteiger partial charge in [-0.3, -0.25) is 4.79 Å². The Morgan fingerprint density at radius 1 is 1.35 bits per heavy atom. The van der Waals surface area contributed by atoms with Gasteiger partial charge in [-0.05, 0) is 37.0 Å². The van der Waals surface area contributed by atoms with Crippen LogP contribution in [0.1, 0.15) is 31.7 Å². The van der Waals surface area contributed by atoms with E-state index < -0.39 is 22.0 Å². The average molecular weight is 297 g/mol. The quantitative estimate of drug-likeness (QED) is 0.900. The highest BCUT2D eigenvalue weighted by molar-refractivity contribution is 7.89. The summed E-state index contributed by atoms with van der Waals surface area (Å²) >= 11 is 0. The van der Waals surface area contributed by atoms with Crippen molar-refractivity contribution in [3.05, 3.63) is 29.8 Å². The van der Waals surface area contributed by atoms with Crippen LogP contribution in [0.15, 0.2) is 29.2 Å². The van der Waals surface area contributed by atoms with Crippen molar-refractivity contribution in [2.45, 2.75) is 43.5 Å². The lowest BCUT2D eigenvalue weighted by Gasteiger charge is -2.22. The van der Waals surface area contributed by atoms with Gasteiger partial charge in [-0.1, -0.05) is 19.1 Å². The molecule has 1 unspecified atom stereocenters. The standard InChI is InChI=1S/C14H19NO4S/c1-2-11-5-7-13(8-6-11)20(18,19)15-9-3-4-12(15)10-14(16)17/h5-8,12H,2-4,9-10H2,1H3,(H,16,17). The Kier molecular flexibility index (Phi) is 4.45. The van der Waals surface area contributed by atoms with Crippen molar-refractivity contribution in [1.82, 2.24) is 4.31 Å². The number of sulfonamides is 1. The fraction of sp³-hybridized carbons (Fsp3) is 0.500. The van der Waals surface area contributed by atoms with Gasteiger partial charge in [0.1, 0.15) is 0 Å². The summed E-state index contributed by atoms with van der Waals surface area (Å²) in [5.41, 5.74) is 1.08. The van der Waals surface area contributed by atoms with Crippen LogP contribution in [0, 0.1) is 0 Å². The molecule has 0 amide bonds. The number of hydrogen-bond acceptors (Lipinski definition) is 3. The number of benzene rings is 1. The summed E-state index contributed by atoms with van der Waals surface area (Å²) < 4.78 is 26.5. The number of aryl methyl sites for hydroxylation is 1. The van der Waals surface area contributed by atoms with Gasteiger partial charge in [0, 0.05) is 12.6 Å². The molecule has 0 bridgehead atoms. The van der Waals surface area contributed by atoms with Crippen molar-refractivity contribution in [2.75, 3.05) is 6.54 Å². The maximum absolute atomic E-state index is 12.6. The fourth-order valence-corrected chi connectivity index (χ4v) is 4.26. The first-order valence-corrected chi connectivity index (χ1v) is 8.21. The molecule has 1 heterocycles. The van der Waals surface area contributed by atoms with Crippen LogP contribution in [0.4, 0.5) is 0 Å². The van der Waals surface area contributed by atoms with E-state index in [4.69, 9.17) is 5.11 Å². The Labute approximate surface area is 119 Å². The third kappa shape index (κ3) is 3.02. The molecule has 110 valence electrons. The maximum atomic E-state index is 12.6. The Balaban J connectivity index is 2.26. The van der Waals surface area contributed by atoms with Gasteiger partial charge in [0.2, 0.25) is 10.0 Å². The van der Waals surface area contributed by atoms with Crippen LogP contribution < -0.4 is 0 Å². The van der Waals surface area contributed by atoms with E-state index >= 15 is 0 Å². The Hall–Kier alpha value is -1.40. The second-order valence-corrected chi connectivity index (χ2v) is 6.90. The first-order chi connectivity index (χ1) is 9.45. The first kappa shape index (κ1) is 15.0. The van der Waals surface area contributed by atoms with Crippen molar-refractivity contribution in [3.8, 4) is 0 Å². The van der Waals surface area contributed by atoms with E-state index in [-0.39, 0.29) is 11.3 Å². The summed E-state index contributed by atoms with van der Waals surface area (Å²) in [6.45, 7) is 2.41. The van der Waals surface area contributed by atoms with E-state index in [9.17, 15) is 13.2 Å². The zero-order valence-corrected chi connectivity index (χ0v) is 12.3. The van der Waals surface area contributed by atoms with E-state index in [0.717, 1.165) is 12.0 Å². The molecular formula is C14H19NO4S. The van der Waals surface area contributed by atoms with Crippen molar-refractivity contribution >= 4 is 16.0 Å². The minimum Gasteiger partial charge on any atom is -0.481 e. The van der Waals surface area contributed by atoms with Crippen LogP contribution in [0.25, 0.3) is 0 Å². The second kappa shape index (κ2) is 5.93. The molecule has 1 aliphatic heterocycles. The van der Waals surface area contributed by atoms with Gasteiger partial charge in [0.15, 0.2) is 0 Å². The summed E-state index contributed by atoms with van der Waals surface area (Å²) in [5.74, 6) is -0.960. The monoisotopic (exact) mass is 297 g/mol. The molecular weight excluding hydrogens is 278 g/mol. The molecule has 1 aromatic carbocycles. The van der Waals surface area contributed by atoms with E-state index in [2.05, 4.69) is 0 Å². The van der Waals surface area contributed by atoms with Gasteiger partial charge in [-0.25, -0.2) is 8.42 Å². The Morgan fingerprint density at radius 3 is 2.55 bits per heavy atom. The van der Waals surface area contributed by atoms with Gasteiger partial charge in [-0.15, -0.1) is 0 Å². The molecule has 0 saturated carbocycles. The molecule has 20 heavy (non-hydrogen) atoms. The Morgan fingerprint density at radius 2 is 2.00 bits per heavy atom. The summed E-state index contributed by atoms with van der Waals surface area (Å²) in [6.07, 6.45) is 2.04. The van der Waals surface area contributed by atoms with E-state index in [1.165, 1.54) is 4.31 Å². The Bertz CT molecular complexity index is 580. The normalized spacial score (nSPS) is 20.1. The fourth-order valence-electron chi connectivity index (χ4n) is 2.56. The lowest BCUT2D eigenvalue weighted by atomic mass is 10.2. The molecule has 1 N–H and O–H groups in total. The van der Waals surface area contributed by atoms with Gasteiger partial charge < -0.3 is 5.11 Å². The number of hydrogen-bond donors (Lipinski definition) is 1. The number of carboxylic acid groups (broad SMARTS) is 1. The van der Waals surface area contributed by atoms with Crippen LogP contribution in [-0.2, 0) is 21.2 Å². The lowest BCUT2D eigenvalue weighted by Crippen LogP contribution is -2.36. The highest BCUT2D eigenvalue weighted by Gasteiger charge is 2.36. The molecule has 6 heteroatoms. The summed E-state index contributed by atoms with van der Waals surface area (Å²) in [5, 5.41) is 8.87. The second-order valence-electron chi connectivity index (χ2n) is 5.01. The van der Waals surface area contributed by atoms with Crippen LogP contribution in [0.2, 0.25) is 0 Å². The van der Waals surface area contributed by atoms with E-state index in [1.807, 2.05) is 6.92 Å². The molecule has 0 aliphatic carbocycles. The molecule has 0 spiro atoms. The number of rotatable bonds is 5. The predicted octanol–water partition coefficient (Wildman–Crippen LogP) is 1.88. The minimum atomic E-state index is -3.59. The number of nitrogens with zero attached hydrogens (tertiary/aromatic N) is 1.